The highest BCUT2D eigenvalue weighted by atomic mass is 35.5. The number of aryl methyl sites for hydroxylation is 2. The van der Waals surface area contributed by atoms with Crippen LogP contribution in [0, 0.1) is 6.92 Å². The zero-order valence-electron chi connectivity index (χ0n) is 15.0. The van der Waals surface area contributed by atoms with E-state index in [1.54, 1.807) is 29.7 Å². The molecule has 0 radical (unpaired) electrons. The second kappa shape index (κ2) is 6.28. The van der Waals surface area contributed by atoms with Crippen LogP contribution in [0.5, 0.6) is 0 Å². The highest BCUT2D eigenvalue weighted by Crippen LogP contribution is 2.18. The summed E-state index contributed by atoms with van der Waals surface area (Å²) >= 11 is 6.22. The lowest BCUT2D eigenvalue weighted by Gasteiger charge is -2.09. The Morgan fingerprint density at radius 2 is 1.96 bits per heavy atom. The van der Waals surface area contributed by atoms with Gasteiger partial charge in [-0.1, -0.05) is 35.9 Å². The van der Waals surface area contributed by atoms with Gasteiger partial charge in [0, 0.05) is 30.5 Å². The lowest BCUT2D eigenvalue weighted by atomic mass is 10.2. The molecule has 8 heteroatoms. The van der Waals surface area contributed by atoms with Crippen molar-refractivity contribution in [2.75, 3.05) is 0 Å². The SMILES string of the molecule is C=CCn1c(C)cn2c3c(=O)n(Cc4ccccc4Cl)c(=O)n(C)c3nc12. The van der Waals surface area contributed by atoms with Crippen LogP contribution in [0.2, 0.25) is 5.02 Å². The van der Waals surface area contributed by atoms with Gasteiger partial charge in [0.25, 0.3) is 5.56 Å². The Bertz CT molecular complexity index is 1320. The quantitative estimate of drug-likeness (QED) is 0.508. The fraction of sp³-hybridized carbons (Fsp3) is 0.211. The number of halogens is 1. The molecule has 0 saturated heterocycles. The van der Waals surface area contributed by atoms with Crippen LogP contribution in [0.1, 0.15) is 11.3 Å². The predicted octanol–water partition coefficient (Wildman–Crippen LogP) is 2.35. The van der Waals surface area contributed by atoms with Gasteiger partial charge in [0.05, 0.1) is 6.54 Å². The largest absolute Gasteiger partial charge is 0.332 e. The van der Waals surface area contributed by atoms with Crippen LogP contribution in [0.25, 0.3) is 16.9 Å². The molecule has 0 bridgehead atoms. The van der Waals surface area contributed by atoms with Crippen LogP contribution >= 0.6 is 11.6 Å². The van der Waals surface area contributed by atoms with E-state index in [1.807, 2.05) is 29.8 Å². The second-order valence-electron chi connectivity index (χ2n) is 6.45. The number of allylic oxidation sites excluding steroid dienone is 1. The Morgan fingerprint density at radius 3 is 2.67 bits per heavy atom. The number of imidazole rings is 2. The van der Waals surface area contributed by atoms with E-state index in [1.165, 1.54) is 9.13 Å². The molecule has 0 aliphatic rings. The van der Waals surface area contributed by atoms with Crippen LogP contribution in [0.4, 0.5) is 0 Å². The molecule has 3 heterocycles. The van der Waals surface area contributed by atoms with Gasteiger partial charge in [-0.25, -0.2) is 4.79 Å². The number of nitrogens with zero attached hydrogens (tertiary/aromatic N) is 5. The summed E-state index contributed by atoms with van der Waals surface area (Å²) in [5, 5.41) is 0.512. The molecule has 0 unspecified atom stereocenters. The fourth-order valence-electron chi connectivity index (χ4n) is 3.35. The first-order chi connectivity index (χ1) is 12.9. The molecule has 0 atom stereocenters. The zero-order chi connectivity index (χ0) is 19.3. The monoisotopic (exact) mass is 383 g/mol. The van der Waals surface area contributed by atoms with Crippen LogP contribution in [-0.2, 0) is 20.1 Å². The summed E-state index contributed by atoms with van der Waals surface area (Å²) in [6.07, 6.45) is 3.61. The lowest BCUT2D eigenvalue weighted by molar-refractivity contribution is 0.656. The van der Waals surface area contributed by atoms with Crippen molar-refractivity contribution in [3.05, 3.63) is 80.2 Å². The molecule has 0 fully saturated rings. The molecule has 4 aromatic rings. The van der Waals surface area contributed by atoms with Crippen LogP contribution in [0.15, 0.2) is 52.7 Å². The van der Waals surface area contributed by atoms with Crippen molar-refractivity contribution in [2.24, 2.45) is 7.05 Å². The van der Waals surface area contributed by atoms with E-state index in [0.29, 0.717) is 34.1 Å². The average molecular weight is 384 g/mol. The first kappa shape index (κ1) is 17.4. The van der Waals surface area contributed by atoms with E-state index in [2.05, 4.69) is 11.6 Å². The van der Waals surface area contributed by atoms with Crippen molar-refractivity contribution in [3.63, 3.8) is 0 Å². The molecule has 138 valence electrons. The maximum absolute atomic E-state index is 13.2. The zero-order valence-corrected chi connectivity index (χ0v) is 15.8. The molecule has 1 aromatic carbocycles. The third kappa shape index (κ3) is 2.54. The van der Waals surface area contributed by atoms with Crippen molar-refractivity contribution in [2.45, 2.75) is 20.0 Å². The van der Waals surface area contributed by atoms with Gasteiger partial charge < -0.3 is 4.57 Å². The minimum Gasteiger partial charge on any atom is -0.310 e. The summed E-state index contributed by atoms with van der Waals surface area (Å²) in [5.74, 6) is 0.602. The number of rotatable bonds is 4. The van der Waals surface area contributed by atoms with Crippen molar-refractivity contribution in [1.82, 2.24) is 23.1 Å². The number of hydrogen-bond acceptors (Lipinski definition) is 3. The van der Waals surface area contributed by atoms with Gasteiger partial charge in [-0.15, -0.1) is 6.58 Å². The number of hydrogen-bond donors (Lipinski definition) is 0. The third-order valence-electron chi connectivity index (χ3n) is 4.74. The van der Waals surface area contributed by atoms with Crippen molar-refractivity contribution in [3.8, 4) is 0 Å². The van der Waals surface area contributed by atoms with E-state index < -0.39 is 11.2 Å². The van der Waals surface area contributed by atoms with E-state index >= 15 is 0 Å². The number of benzene rings is 1. The third-order valence-corrected chi connectivity index (χ3v) is 5.11. The lowest BCUT2D eigenvalue weighted by Crippen LogP contribution is -2.39. The molecule has 0 N–H and O–H groups in total. The van der Waals surface area contributed by atoms with Crippen molar-refractivity contribution < 1.29 is 0 Å². The number of aromatic nitrogens is 5. The summed E-state index contributed by atoms with van der Waals surface area (Å²) in [7, 11) is 1.62. The van der Waals surface area contributed by atoms with Gasteiger partial charge in [0.2, 0.25) is 5.78 Å². The Labute approximate surface area is 159 Å². The Kier molecular flexibility index (Phi) is 4.04. The normalized spacial score (nSPS) is 11.5. The molecule has 0 amide bonds. The smallest absolute Gasteiger partial charge is 0.310 e. The minimum absolute atomic E-state index is 0.0979. The molecule has 3 aromatic heterocycles. The van der Waals surface area contributed by atoms with E-state index in [0.717, 1.165) is 5.69 Å². The highest BCUT2D eigenvalue weighted by Gasteiger charge is 2.20. The maximum Gasteiger partial charge on any atom is 0.332 e. The highest BCUT2D eigenvalue weighted by molar-refractivity contribution is 6.31. The first-order valence-electron chi connectivity index (χ1n) is 8.46. The van der Waals surface area contributed by atoms with E-state index in [9.17, 15) is 9.59 Å². The molecule has 0 aliphatic heterocycles. The van der Waals surface area contributed by atoms with Gasteiger partial charge in [-0.05, 0) is 18.6 Å². The molecule has 7 nitrogen and oxygen atoms in total. The van der Waals surface area contributed by atoms with Gasteiger partial charge in [0.1, 0.15) is 0 Å². The fourth-order valence-corrected chi connectivity index (χ4v) is 3.54. The summed E-state index contributed by atoms with van der Waals surface area (Å²) in [6.45, 7) is 6.36. The van der Waals surface area contributed by atoms with Crippen LogP contribution in [-0.4, -0.2) is 23.1 Å². The molecule has 0 saturated carbocycles. The second-order valence-corrected chi connectivity index (χ2v) is 6.86. The van der Waals surface area contributed by atoms with E-state index in [-0.39, 0.29) is 6.54 Å². The summed E-state index contributed by atoms with van der Waals surface area (Å²) in [5.41, 5.74) is 1.55. The predicted molar refractivity (Wildman–Crippen MR) is 106 cm³/mol. The molecule has 4 rings (SSSR count). The van der Waals surface area contributed by atoms with Crippen LogP contribution < -0.4 is 11.2 Å². The van der Waals surface area contributed by atoms with Gasteiger partial charge in [-0.3, -0.25) is 18.3 Å². The van der Waals surface area contributed by atoms with Gasteiger partial charge >= 0.3 is 5.69 Å². The molecule has 0 aliphatic carbocycles. The van der Waals surface area contributed by atoms with E-state index in [4.69, 9.17) is 11.6 Å². The Morgan fingerprint density at radius 1 is 1.22 bits per heavy atom. The van der Waals surface area contributed by atoms with Crippen LogP contribution in [0.3, 0.4) is 0 Å². The van der Waals surface area contributed by atoms with Crippen molar-refractivity contribution >= 4 is 28.5 Å². The summed E-state index contributed by atoms with van der Waals surface area (Å²) in [6, 6.07) is 7.17. The average Bonchev–Trinajstić information content (AvgIpc) is 3.15. The molecule has 27 heavy (non-hydrogen) atoms. The number of fused-ring (bicyclic) bond motifs is 3. The standard InChI is InChI=1S/C19H18ClN5O2/c1-4-9-23-12(2)10-24-15-16(21-18(23)24)22(3)19(27)25(17(15)26)11-13-7-5-6-8-14(13)20/h4-8,10H,1,9,11H2,2-3H3. The molecular formula is C19H18ClN5O2. The van der Waals surface area contributed by atoms with Gasteiger partial charge in [-0.2, -0.15) is 4.98 Å². The summed E-state index contributed by atoms with van der Waals surface area (Å²) < 4.78 is 6.26. The van der Waals surface area contributed by atoms with Crippen molar-refractivity contribution in [1.29, 1.82) is 0 Å². The maximum atomic E-state index is 13.2. The Hall–Kier alpha value is -3.06. The molecular weight excluding hydrogens is 366 g/mol. The topological polar surface area (TPSA) is 66.2 Å². The minimum atomic E-state index is -0.430. The van der Waals surface area contributed by atoms with Gasteiger partial charge in [0.15, 0.2) is 11.2 Å². The first-order valence-corrected chi connectivity index (χ1v) is 8.84. The summed E-state index contributed by atoms with van der Waals surface area (Å²) in [4.78, 5) is 30.5. The molecule has 0 spiro atoms. The Balaban J connectivity index is 2.04.